The Labute approximate surface area is 199 Å². The maximum atomic E-state index is 13.7. The number of nitrogens with zero attached hydrogens (tertiary/aromatic N) is 3. The Morgan fingerprint density at radius 3 is 2.41 bits per heavy atom. The summed E-state index contributed by atoms with van der Waals surface area (Å²) in [5.41, 5.74) is 4.80. The number of hydrogen-bond acceptors (Lipinski definition) is 5. The van der Waals surface area contributed by atoms with Gasteiger partial charge in [-0.25, -0.2) is 0 Å². The molecule has 0 bridgehead atoms. The molecule has 0 fully saturated rings. The molecule has 0 N–H and O–H groups in total. The zero-order valence-electron chi connectivity index (χ0n) is 19.2. The number of pyridine rings is 1. The van der Waals surface area contributed by atoms with Crippen LogP contribution in [-0.2, 0) is 29.1 Å². The number of carbonyl (C=O) groups excluding carboxylic acids is 2. The lowest BCUT2D eigenvalue weighted by atomic mass is 9.98. The molecule has 0 saturated carbocycles. The summed E-state index contributed by atoms with van der Waals surface area (Å²) in [5, 5.41) is 0. The third-order valence-corrected chi connectivity index (χ3v) is 6.25. The second-order valence-electron chi connectivity index (χ2n) is 8.55. The van der Waals surface area contributed by atoms with Crippen LogP contribution in [0.3, 0.4) is 0 Å². The van der Waals surface area contributed by atoms with Crippen molar-refractivity contribution in [2.75, 3.05) is 13.2 Å². The van der Waals surface area contributed by atoms with Gasteiger partial charge in [0.15, 0.2) is 0 Å². The molecular weight excluding hydrogens is 426 g/mol. The number of imide groups is 1. The minimum absolute atomic E-state index is 0.146. The van der Waals surface area contributed by atoms with E-state index in [2.05, 4.69) is 28.9 Å². The van der Waals surface area contributed by atoms with Crippen LogP contribution < -0.4 is 4.74 Å². The minimum Gasteiger partial charge on any atom is -0.494 e. The molecule has 0 spiro atoms. The lowest BCUT2D eigenvalue weighted by molar-refractivity contribution is -0.138. The van der Waals surface area contributed by atoms with Crippen molar-refractivity contribution >= 4 is 17.4 Å². The van der Waals surface area contributed by atoms with E-state index in [1.165, 1.54) is 16.0 Å². The van der Waals surface area contributed by atoms with E-state index in [9.17, 15) is 9.59 Å². The van der Waals surface area contributed by atoms with Crippen molar-refractivity contribution in [3.63, 3.8) is 0 Å². The van der Waals surface area contributed by atoms with E-state index in [1.54, 1.807) is 6.20 Å². The van der Waals surface area contributed by atoms with Crippen LogP contribution in [-0.4, -0.2) is 39.7 Å². The van der Waals surface area contributed by atoms with Gasteiger partial charge in [0, 0.05) is 19.3 Å². The van der Waals surface area contributed by atoms with Crippen LogP contribution in [0.15, 0.2) is 78.6 Å². The van der Waals surface area contributed by atoms with E-state index in [1.807, 2.05) is 54.6 Å². The highest BCUT2D eigenvalue weighted by atomic mass is 16.5. The molecule has 2 amide bonds. The van der Waals surface area contributed by atoms with Crippen molar-refractivity contribution < 1.29 is 14.3 Å². The molecule has 3 aromatic rings. The Morgan fingerprint density at radius 1 is 0.912 bits per heavy atom. The average molecular weight is 454 g/mol. The first-order chi connectivity index (χ1) is 16.7. The predicted octanol–water partition coefficient (Wildman–Crippen LogP) is 4.21. The van der Waals surface area contributed by atoms with Crippen molar-refractivity contribution in [2.24, 2.45) is 0 Å². The number of fused-ring (bicyclic) bond motifs is 1. The number of benzene rings is 2. The highest BCUT2D eigenvalue weighted by Crippen LogP contribution is 2.35. The highest BCUT2D eigenvalue weighted by molar-refractivity contribution is 6.35. The lowest BCUT2D eigenvalue weighted by Gasteiger charge is -2.31. The van der Waals surface area contributed by atoms with Crippen molar-refractivity contribution in [3.8, 4) is 5.75 Å². The number of ether oxygens (including phenoxy) is 1. The molecule has 3 heterocycles. The Bertz CT molecular complexity index is 1240. The molecule has 172 valence electrons. The summed E-state index contributed by atoms with van der Waals surface area (Å²) in [6, 6.07) is 21.2. The first-order valence-corrected chi connectivity index (χ1v) is 11.7. The van der Waals surface area contributed by atoms with Gasteiger partial charge in [0.1, 0.15) is 11.4 Å². The summed E-state index contributed by atoms with van der Waals surface area (Å²) < 4.78 is 5.71. The number of hydrogen-bond donors (Lipinski definition) is 0. The molecule has 5 rings (SSSR count). The van der Waals surface area contributed by atoms with Gasteiger partial charge in [-0.1, -0.05) is 49.4 Å². The number of amides is 2. The van der Waals surface area contributed by atoms with Crippen LogP contribution in [0.4, 0.5) is 0 Å². The van der Waals surface area contributed by atoms with Crippen molar-refractivity contribution in [3.05, 3.63) is 101 Å². The summed E-state index contributed by atoms with van der Waals surface area (Å²) in [6.45, 7) is 4.12. The smallest absolute Gasteiger partial charge is 0.278 e. The van der Waals surface area contributed by atoms with E-state index in [4.69, 9.17) is 4.74 Å². The van der Waals surface area contributed by atoms with Crippen LogP contribution in [0.2, 0.25) is 0 Å². The Hall–Kier alpha value is -3.93. The molecule has 1 aromatic heterocycles. The number of rotatable bonds is 7. The SMILES string of the molecule is CCCOc1ccc(C2=C(N3CCc4ccccc4C3)C(=O)N(Cc3ccccn3)C2=O)cc1. The molecule has 0 unspecified atom stereocenters. The second kappa shape index (κ2) is 9.51. The molecule has 0 atom stereocenters. The van der Waals surface area contributed by atoms with Crippen LogP contribution in [0.25, 0.3) is 5.57 Å². The van der Waals surface area contributed by atoms with Crippen LogP contribution in [0.5, 0.6) is 5.75 Å². The van der Waals surface area contributed by atoms with Crippen molar-refractivity contribution in [1.29, 1.82) is 0 Å². The zero-order chi connectivity index (χ0) is 23.5. The van der Waals surface area contributed by atoms with Gasteiger partial charge < -0.3 is 9.64 Å². The Morgan fingerprint density at radius 2 is 1.68 bits per heavy atom. The molecule has 0 saturated heterocycles. The van der Waals surface area contributed by atoms with Crippen molar-refractivity contribution in [1.82, 2.24) is 14.8 Å². The molecule has 6 heteroatoms. The maximum absolute atomic E-state index is 13.7. The van der Waals surface area contributed by atoms with Crippen LogP contribution >= 0.6 is 0 Å². The van der Waals surface area contributed by atoms with E-state index in [0.717, 1.165) is 24.2 Å². The predicted molar refractivity (Wildman–Crippen MR) is 129 cm³/mol. The summed E-state index contributed by atoms with van der Waals surface area (Å²) >= 11 is 0. The third kappa shape index (κ3) is 4.19. The molecule has 0 aliphatic carbocycles. The van der Waals surface area contributed by atoms with Gasteiger partial charge in [-0.3, -0.25) is 19.5 Å². The van der Waals surface area contributed by atoms with Gasteiger partial charge in [-0.2, -0.15) is 0 Å². The van der Waals surface area contributed by atoms with Gasteiger partial charge in [0.2, 0.25) is 0 Å². The minimum atomic E-state index is -0.285. The Balaban J connectivity index is 1.52. The zero-order valence-corrected chi connectivity index (χ0v) is 19.2. The van der Waals surface area contributed by atoms with E-state index < -0.39 is 0 Å². The standard InChI is InChI=1S/C28H27N3O3/c1-2-17-34-24-12-10-21(11-13-24)25-26(30-16-14-20-7-3-4-8-22(20)18-30)28(33)31(27(25)32)19-23-9-5-6-15-29-23/h3-13,15H,2,14,16-19H2,1H3. The monoisotopic (exact) mass is 453 g/mol. The normalized spacial score (nSPS) is 15.7. The third-order valence-electron chi connectivity index (χ3n) is 6.25. The number of carbonyl (C=O) groups is 2. The summed E-state index contributed by atoms with van der Waals surface area (Å²) in [4.78, 5) is 35.0. The Kier molecular flexibility index (Phi) is 6.12. The lowest BCUT2D eigenvalue weighted by Crippen LogP contribution is -2.37. The van der Waals surface area contributed by atoms with E-state index in [0.29, 0.717) is 36.7 Å². The van der Waals surface area contributed by atoms with E-state index >= 15 is 0 Å². The fourth-order valence-corrected chi connectivity index (χ4v) is 4.54. The molecule has 6 nitrogen and oxygen atoms in total. The highest BCUT2D eigenvalue weighted by Gasteiger charge is 2.42. The average Bonchev–Trinajstić information content (AvgIpc) is 3.13. The van der Waals surface area contributed by atoms with Gasteiger partial charge in [0.25, 0.3) is 11.8 Å². The summed E-state index contributed by atoms with van der Waals surface area (Å²) in [6.07, 6.45) is 3.42. The fourth-order valence-electron chi connectivity index (χ4n) is 4.54. The first kappa shape index (κ1) is 21.9. The van der Waals surface area contributed by atoms with Gasteiger partial charge >= 0.3 is 0 Å². The largest absolute Gasteiger partial charge is 0.494 e. The molecule has 2 aliphatic heterocycles. The summed E-state index contributed by atoms with van der Waals surface area (Å²) in [5.74, 6) is 0.199. The molecule has 0 radical (unpaired) electrons. The second-order valence-corrected chi connectivity index (χ2v) is 8.55. The van der Waals surface area contributed by atoms with Crippen LogP contribution in [0.1, 0.15) is 35.7 Å². The summed E-state index contributed by atoms with van der Waals surface area (Å²) in [7, 11) is 0. The molecule has 2 aromatic carbocycles. The maximum Gasteiger partial charge on any atom is 0.278 e. The molecular formula is C28H27N3O3. The molecule has 34 heavy (non-hydrogen) atoms. The van der Waals surface area contributed by atoms with Gasteiger partial charge in [-0.05, 0) is 53.8 Å². The quantitative estimate of drug-likeness (QED) is 0.502. The fraction of sp³-hybridized carbons (Fsp3) is 0.250. The molecule has 2 aliphatic rings. The van der Waals surface area contributed by atoms with Gasteiger partial charge in [0.05, 0.1) is 24.4 Å². The van der Waals surface area contributed by atoms with Crippen molar-refractivity contribution in [2.45, 2.75) is 32.9 Å². The number of aromatic nitrogens is 1. The van der Waals surface area contributed by atoms with E-state index in [-0.39, 0.29) is 18.4 Å². The topological polar surface area (TPSA) is 62.7 Å². The van der Waals surface area contributed by atoms with Crippen LogP contribution in [0, 0.1) is 0 Å². The van der Waals surface area contributed by atoms with Gasteiger partial charge in [-0.15, -0.1) is 0 Å². The first-order valence-electron chi connectivity index (χ1n) is 11.7.